The summed E-state index contributed by atoms with van der Waals surface area (Å²) in [4.78, 5) is 11.0. The lowest BCUT2D eigenvalue weighted by Crippen LogP contribution is -2.01. The van der Waals surface area contributed by atoms with Crippen LogP contribution in [0.4, 0.5) is 4.39 Å². The lowest BCUT2D eigenvalue weighted by atomic mass is 10.1. The molecule has 0 bridgehead atoms. The molecule has 0 aliphatic heterocycles. The van der Waals surface area contributed by atoms with Gasteiger partial charge in [0.1, 0.15) is 11.5 Å². The molecule has 2 rings (SSSR count). The Balaban J connectivity index is 2.59. The minimum Gasteiger partial charge on any atom is -0.298 e. The van der Waals surface area contributed by atoms with Crippen molar-refractivity contribution in [3.8, 4) is 11.3 Å². The van der Waals surface area contributed by atoms with E-state index >= 15 is 0 Å². The second-order valence-electron chi connectivity index (χ2n) is 4.25. The number of carbonyl (C=O) groups excluding carboxylic acids is 1. The van der Waals surface area contributed by atoms with Gasteiger partial charge < -0.3 is 0 Å². The molecule has 0 aliphatic carbocycles. The molecule has 0 N–H and O–H groups in total. The number of hydrogen-bond acceptors (Lipinski definition) is 2. The molecule has 0 unspecified atom stereocenters. The highest BCUT2D eigenvalue weighted by atomic mass is 79.9. The lowest BCUT2D eigenvalue weighted by Gasteiger charge is -2.04. The molecule has 1 aromatic heterocycles. The maximum absolute atomic E-state index is 13.9. The molecule has 2 aromatic rings. The zero-order valence-electron chi connectivity index (χ0n) is 10.0. The van der Waals surface area contributed by atoms with Crippen molar-refractivity contribution in [1.82, 2.24) is 9.78 Å². The fourth-order valence-corrected chi connectivity index (χ4v) is 1.98. The molecule has 18 heavy (non-hydrogen) atoms. The Kier molecular flexibility index (Phi) is 3.61. The summed E-state index contributed by atoms with van der Waals surface area (Å²) in [7, 11) is 0. The monoisotopic (exact) mass is 310 g/mol. The molecule has 1 aromatic carbocycles. The summed E-state index contributed by atoms with van der Waals surface area (Å²) in [5, 5.41) is 4.27. The third-order valence-electron chi connectivity index (χ3n) is 2.60. The first kappa shape index (κ1) is 13.0. The summed E-state index contributed by atoms with van der Waals surface area (Å²) in [6.07, 6.45) is 2.33. The molecule has 1 heterocycles. The van der Waals surface area contributed by atoms with Gasteiger partial charge in [-0.2, -0.15) is 5.10 Å². The Labute approximate surface area is 113 Å². The SMILES string of the molecule is CC(C)n1cc(C=O)c(-c2ccc(Br)cc2F)n1. The Morgan fingerprint density at radius 1 is 1.44 bits per heavy atom. The number of aldehydes is 1. The maximum atomic E-state index is 13.9. The third-order valence-corrected chi connectivity index (χ3v) is 3.10. The zero-order chi connectivity index (χ0) is 13.3. The number of nitrogens with zero attached hydrogens (tertiary/aromatic N) is 2. The van der Waals surface area contributed by atoms with E-state index in [1.54, 1.807) is 23.0 Å². The van der Waals surface area contributed by atoms with Crippen LogP contribution in [0.1, 0.15) is 30.2 Å². The average Bonchev–Trinajstić information content (AvgIpc) is 2.73. The van der Waals surface area contributed by atoms with Crippen LogP contribution < -0.4 is 0 Å². The summed E-state index contributed by atoms with van der Waals surface area (Å²) in [5.41, 5.74) is 1.10. The lowest BCUT2D eigenvalue weighted by molar-refractivity contribution is 0.112. The maximum Gasteiger partial charge on any atom is 0.153 e. The molecule has 0 radical (unpaired) electrons. The van der Waals surface area contributed by atoms with Crippen LogP contribution in [0.2, 0.25) is 0 Å². The van der Waals surface area contributed by atoms with E-state index in [-0.39, 0.29) is 6.04 Å². The third kappa shape index (κ3) is 2.36. The number of aromatic nitrogens is 2. The molecular weight excluding hydrogens is 299 g/mol. The number of halogens is 2. The van der Waals surface area contributed by atoms with Gasteiger partial charge in [0, 0.05) is 22.3 Å². The van der Waals surface area contributed by atoms with E-state index in [1.807, 2.05) is 13.8 Å². The van der Waals surface area contributed by atoms with Crippen molar-refractivity contribution in [1.29, 1.82) is 0 Å². The molecule has 0 aliphatic rings. The first-order chi connectivity index (χ1) is 8.52. The first-order valence-electron chi connectivity index (χ1n) is 5.52. The van der Waals surface area contributed by atoms with Gasteiger partial charge in [-0.15, -0.1) is 0 Å². The van der Waals surface area contributed by atoms with Crippen molar-refractivity contribution in [3.05, 3.63) is 40.2 Å². The fourth-order valence-electron chi connectivity index (χ4n) is 1.65. The predicted octanol–water partition coefficient (Wildman–Crippen LogP) is 3.85. The number of rotatable bonds is 3. The summed E-state index contributed by atoms with van der Waals surface area (Å²) < 4.78 is 16.2. The van der Waals surface area contributed by atoms with E-state index in [2.05, 4.69) is 21.0 Å². The quantitative estimate of drug-likeness (QED) is 0.807. The number of benzene rings is 1. The highest BCUT2D eigenvalue weighted by Gasteiger charge is 2.15. The van der Waals surface area contributed by atoms with E-state index in [9.17, 15) is 9.18 Å². The zero-order valence-corrected chi connectivity index (χ0v) is 11.6. The van der Waals surface area contributed by atoms with Gasteiger partial charge in [0.15, 0.2) is 6.29 Å². The molecule has 0 fully saturated rings. The molecule has 0 spiro atoms. The van der Waals surface area contributed by atoms with Crippen molar-refractivity contribution in [2.24, 2.45) is 0 Å². The Hall–Kier alpha value is -1.49. The minimum atomic E-state index is -0.401. The van der Waals surface area contributed by atoms with Crippen LogP contribution in [0.15, 0.2) is 28.9 Å². The van der Waals surface area contributed by atoms with Crippen LogP contribution in [-0.2, 0) is 0 Å². The van der Waals surface area contributed by atoms with Crippen LogP contribution in [0.5, 0.6) is 0 Å². The van der Waals surface area contributed by atoms with Crippen LogP contribution in [-0.4, -0.2) is 16.1 Å². The topological polar surface area (TPSA) is 34.9 Å². The molecule has 94 valence electrons. The van der Waals surface area contributed by atoms with Crippen LogP contribution in [0, 0.1) is 5.82 Å². The molecule has 5 heteroatoms. The molecule has 0 saturated carbocycles. The van der Waals surface area contributed by atoms with Crippen molar-refractivity contribution >= 4 is 22.2 Å². The van der Waals surface area contributed by atoms with Gasteiger partial charge in [0.05, 0.1) is 5.56 Å². The van der Waals surface area contributed by atoms with Crippen molar-refractivity contribution < 1.29 is 9.18 Å². The molecule has 0 amide bonds. The summed E-state index contributed by atoms with van der Waals surface area (Å²) in [6.45, 7) is 3.90. The highest BCUT2D eigenvalue weighted by Crippen LogP contribution is 2.27. The largest absolute Gasteiger partial charge is 0.298 e. The molecule has 3 nitrogen and oxygen atoms in total. The van der Waals surface area contributed by atoms with Crippen LogP contribution in [0.3, 0.4) is 0 Å². The van der Waals surface area contributed by atoms with Gasteiger partial charge in [-0.05, 0) is 32.0 Å². The predicted molar refractivity (Wildman–Crippen MR) is 71.1 cm³/mol. The van der Waals surface area contributed by atoms with Gasteiger partial charge in [-0.25, -0.2) is 4.39 Å². The second kappa shape index (κ2) is 5.02. The second-order valence-corrected chi connectivity index (χ2v) is 5.16. The molecule has 0 saturated heterocycles. The smallest absolute Gasteiger partial charge is 0.153 e. The summed E-state index contributed by atoms with van der Waals surface area (Å²) >= 11 is 3.20. The number of hydrogen-bond donors (Lipinski definition) is 0. The Morgan fingerprint density at radius 2 is 2.17 bits per heavy atom. The van der Waals surface area contributed by atoms with Crippen molar-refractivity contribution in [3.63, 3.8) is 0 Å². The van der Waals surface area contributed by atoms with E-state index in [4.69, 9.17) is 0 Å². The van der Waals surface area contributed by atoms with E-state index in [1.165, 1.54) is 6.07 Å². The van der Waals surface area contributed by atoms with Crippen LogP contribution >= 0.6 is 15.9 Å². The van der Waals surface area contributed by atoms with Crippen LogP contribution in [0.25, 0.3) is 11.3 Å². The van der Waals surface area contributed by atoms with Gasteiger partial charge in [-0.3, -0.25) is 9.48 Å². The normalized spacial score (nSPS) is 10.9. The van der Waals surface area contributed by atoms with E-state index in [0.29, 0.717) is 27.6 Å². The Morgan fingerprint density at radius 3 is 2.72 bits per heavy atom. The van der Waals surface area contributed by atoms with Crippen molar-refractivity contribution in [2.45, 2.75) is 19.9 Å². The van der Waals surface area contributed by atoms with Gasteiger partial charge in [0.25, 0.3) is 0 Å². The van der Waals surface area contributed by atoms with Gasteiger partial charge >= 0.3 is 0 Å². The van der Waals surface area contributed by atoms with E-state index < -0.39 is 5.82 Å². The highest BCUT2D eigenvalue weighted by molar-refractivity contribution is 9.10. The van der Waals surface area contributed by atoms with E-state index in [0.717, 1.165) is 0 Å². The summed E-state index contributed by atoms with van der Waals surface area (Å²) in [6, 6.07) is 4.81. The standard InChI is InChI=1S/C13H12BrFN2O/c1-8(2)17-6-9(7-18)13(16-17)11-4-3-10(14)5-12(11)15/h3-8H,1-2H3. The Bertz CT molecular complexity index is 593. The summed E-state index contributed by atoms with van der Waals surface area (Å²) in [5.74, 6) is -0.401. The fraction of sp³-hybridized carbons (Fsp3) is 0.231. The first-order valence-corrected chi connectivity index (χ1v) is 6.32. The number of carbonyl (C=O) groups is 1. The average molecular weight is 311 g/mol. The van der Waals surface area contributed by atoms with Gasteiger partial charge in [0.2, 0.25) is 0 Å². The van der Waals surface area contributed by atoms with Crippen molar-refractivity contribution in [2.75, 3.05) is 0 Å². The molecular formula is C13H12BrFN2O. The molecule has 0 atom stereocenters. The minimum absolute atomic E-state index is 0.121. The van der Waals surface area contributed by atoms with Gasteiger partial charge in [-0.1, -0.05) is 15.9 Å².